The first-order chi connectivity index (χ1) is 8.70. The minimum Gasteiger partial charge on any atom is -0.497 e. The Morgan fingerprint density at radius 2 is 2.33 bits per heavy atom. The van der Waals surface area contributed by atoms with Gasteiger partial charge < -0.3 is 15.0 Å². The topological polar surface area (TPSA) is 49.9 Å². The highest BCUT2D eigenvalue weighted by Crippen LogP contribution is 2.21. The molecular formula is C13H16FN3O. The third-order valence-corrected chi connectivity index (χ3v) is 2.83. The molecule has 1 unspecified atom stereocenters. The number of benzene rings is 1. The Balaban J connectivity index is 2.02. The van der Waals surface area contributed by atoms with E-state index in [2.05, 4.69) is 15.3 Å². The summed E-state index contributed by atoms with van der Waals surface area (Å²) in [5.74, 6) is 0.260. The second-order valence-electron chi connectivity index (χ2n) is 4.07. The molecule has 0 amide bonds. The number of hydrogen-bond donors (Lipinski definition) is 2. The molecular weight excluding hydrogens is 233 g/mol. The quantitative estimate of drug-likeness (QED) is 0.855. The third-order valence-electron chi connectivity index (χ3n) is 2.83. The Labute approximate surface area is 105 Å². The molecule has 1 atom stereocenters. The van der Waals surface area contributed by atoms with E-state index in [0.29, 0.717) is 17.9 Å². The summed E-state index contributed by atoms with van der Waals surface area (Å²) >= 11 is 0. The number of methoxy groups -OCH3 is 1. The SMILES string of the molecule is COc1ccc(C(C)NCc2cnc[nH]2)c(F)c1. The molecule has 0 saturated heterocycles. The molecule has 2 N–H and O–H groups in total. The van der Waals surface area contributed by atoms with Crippen molar-refractivity contribution >= 4 is 0 Å². The largest absolute Gasteiger partial charge is 0.497 e. The summed E-state index contributed by atoms with van der Waals surface area (Å²) in [6.45, 7) is 2.54. The summed E-state index contributed by atoms with van der Waals surface area (Å²) in [6.07, 6.45) is 3.36. The summed E-state index contributed by atoms with van der Waals surface area (Å²) in [5.41, 5.74) is 1.59. The summed E-state index contributed by atoms with van der Waals surface area (Å²) in [4.78, 5) is 6.92. The fourth-order valence-electron chi connectivity index (χ4n) is 1.74. The van der Waals surface area contributed by atoms with E-state index in [1.165, 1.54) is 13.2 Å². The van der Waals surface area contributed by atoms with Gasteiger partial charge in [-0.25, -0.2) is 9.37 Å². The molecule has 1 aromatic heterocycles. The number of imidazole rings is 1. The first kappa shape index (κ1) is 12.6. The molecule has 0 aliphatic carbocycles. The van der Waals surface area contributed by atoms with E-state index < -0.39 is 0 Å². The lowest BCUT2D eigenvalue weighted by molar-refractivity contribution is 0.409. The second-order valence-corrected chi connectivity index (χ2v) is 4.07. The molecule has 1 aromatic carbocycles. The summed E-state index contributed by atoms with van der Waals surface area (Å²) in [7, 11) is 1.52. The van der Waals surface area contributed by atoms with E-state index in [-0.39, 0.29) is 11.9 Å². The summed E-state index contributed by atoms with van der Waals surface area (Å²) in [6, 6.07) is 4.80. The lowest BCUT2D eigenvalue weighted by atomic mass is 10.1. The van der Waals surface area contributed by atoms with Crippen LogP contribution in [0.3, 0.4) is 0 Å². The van der Waals surface area contributed by atoms with E-state index in [1.54, 1.807) is 24.7 Å². The molecule has 2 aromatic rings. The molecule has 0 bridgehead atoms. The number of H-pyrrole nitrogens is 1. The van der Waals surface area contributed by atoms with Crippen molar-refractivity contribution in [2.75, 3.05) is 7.11 Å². The van der Waals surface area contributed by atoms with Crippen LogP contribution in [0.5, 0.6) is 5.75 Å². The van der Waals surface area contributed by atoms with Gasteiger partial charge in [0, 0.05) is 36.1 Å². The number of hydrogen-bond acceptors (Lipinski definition) is 3. The van der Waals surface area contributed by atoms with Gasteiger partial charge in [-0.05, 0) is 13.0 Å². The van der Waals surface area contributed by atoms with Crippen molar-refractivity contribution in [3.63, 3.8) is 0 Å². The van der Waals surface area contributed by atoms with Gasteiger partial charge in [-0.2, -0.15) is 0 Å². The van der Waals surface area contributed by atoms with Crippen LogP contribution in [-0.2, 0) is 6.54 Å². The number of halogens is 1. The Kier molecular flexibility index (Phi) is 3.94. The molecule has 0 spiro atoms. The molecule has 5 heteroatoms. The fraction of sp³-hybridized carbons (Fsp3) is 0.308. The molecule has 0 aliphatic rings. The Morgan fingerprint density at radius 3 is 2.94 bits per heavy atom. The van der Waals surface area contributed by atoms with Crippen LogP contribution in [0.1, 0.15) is 24.2 Å². The zero-order valence-electron chi connectivity index (χ0n) is 10.4. The molecule has 1 heterocycles. The fourth-order valence-corrected chi connectivity index (χ4v) is 1.74. The highest BCUT2D eigenvalue weighted by molar-refractivity contribution is 5.30. The average molecular weight is 249 g/mol. The van der Waals surface area contributed by atoms with Gasteiger partial charge in [0.2, 0.25) is 0 Å². The van der Waals surface area contributed by atoms with Crippen LogP contribution in [0.2, 0.25) is 0 Å². The smallest absolute Gasteiger partial charge is 0.131 e. The minimum absolute atomic E-state index is 0.0841. The predicted octanol–water partition coefficient (Wildman–Crippen LogP) is 2.41. The van der Waals surface area contributed by atoms with Gasteiger partial charge in [0.1, 0.15) is 11.6 Å². The highest BCUT2D eigenvalue weighted by atomic mass is 19.1. The van der Waals surface area contributed by atoms with Crippen molar-refractivity contribution in [3.8, 4) is 5.75 Å². The maximum absolute atomic E-state index is 13.8. The summed E-state index contributed by atoms with van der Waals surface area (Å²) < 4.78 is 18.8. The van der Waals surface area contributed by atoms with Gasteiger partial charge in [-0.3, -0.25) is 0 Å². The first-order valence-electron chi connectivity index (χ1n) is 5.74. The first-order valence-corrected chi connectivity index (χ1v) is 5.74. The number of nitrogens with one attached hydrogen (secondary N) is 2. The molecule has 4 nitrogen and oxygen atoms in total. The van der Waals surface area contributed by atoms with Crippen molar-refractivity contribution < 1.29 is 9.13 Å². The van der Waals surface area contributed by atoms with E-state index in [9.17, 15) is 4.39 Å². The van der Waals surface area contributed by atoms with Crippen molar-refractivity contribution in [2.45, 2.75) is 19.5 Å². The van der Waals surface area contributed by atoms with Crippen LogP contribution in [0, 0.1) is 5.82 Å². The predicted molar refractivity (Wildman–Crippen MR) is 66.8 cm³/mol. The van der Waals surface area contributed by atoms with Crippen LogP contribution >= 0.6 is 0 Å². The van der Waals surface area contributed by atoms with Crippen LogP contribution in [0.15, 0.2) is 30.7 Å². The molecule has 0 saturated carbocycles. The Morgan fingerprint density at radius 1 is 1.50 bits per heavy atom. The van der Waals surface area contributed by atoms with Crippen LogP contribution < -0.4 is 10.1 Å². The average Bonchev–Trinajstić information content (AvgIpc) is 2.88. The number of rotatable bonds is 5. The Hall–Kier alpha value is -1.88. The maximum Gasteiger partial charge on any atom is 0.131 e. The molecule has 0 radical (unpaired) electrons. The van der Waals surface area contributed by atoms with Gasteiger partial charge in [0.25, 0.3) is 0 Å². The molecule has 0 aliphatic heterocycles. The van der Waals surface area contributed by atoms with E-state index >= 15 is 0 Å². The number of nitrogens with zero attached hydrogens (tertiary/aromatic N) is 1. The van der Waals surface area contributed by atoms with E-state index in [4.69, 9.17) is 4.74 Å². The van der Waals surface area contributed by atoms with E-state index in [0.717, 1.165) is 5.69 Å². The zero-order valence-corrected chi connectivity index (χ0v) is 10.4. The molecule has 96 valence electrons. The third kappa shape index (κ3) is 2.87. The maximum atomic E-state index is 13.8. The van der Waals surface area contributed by atoms with E-state index in [1.807, 2.05) is 6.92 Å². The Bertz CT molecular complexity index is 499. The van der Waals surface area contributed by atoms with Crippen LogP contribution in [0.25, 0.3) is 0 Å². The minimum atomic E-state index is -0.265. The number of ether oxygens (including phenoxy) is 1. The normalized spacial score (nSPS) is 12.4. The van der Waals surface area contributed by atoms with Crippen LogP contribution in [0.4, 0.5) is 4.39 Å². The lowest BCUT2D eigenvalue weighted by Crippen LogP contribution is -2.19. The standard InChI is InChI=1S/C13H16FN3O/c1-9(16-7-10-6-15-8-17-10)12-4-3-11(18-2)5-13(12)14/h3-6,8-9,16H,7H2,1-2H3,(H,15,17). The second kappa shape index (κ2) is 5.64. The number of aromatic amines is 1. The van der Waals surface area contributed by atoms with Gasteiger partial charge in [0.05, 0.1) is 13.4 Å². The van der Waals surface area contributed by atoms with Gasteiger partial charge >= 0.3 is 0 Å². The lowest BCUT2D eigenvalue weighted by Gasteiger charge is -2.15. The molecule has 2 rings (SSSR count). The summed E-state index contributed by atoms with van der Waals surface area (Å²) in [5, 5.41) is 3.23. The highest BCUT2D eigenvalue weighted by Gasteiger charge is 2.11. The zero-order chi connectivity index (χ0) is 13.0. The van der Waals surface area contributed by atoms with Gasteiger partial charge in [0.15, 0.2) is 0 Å². The van der Waals surface area contributed by atoms with Gasteiger partial charge in [-0.15, -0.1) is 0 Å². The van der Waals surface area contributed by atoms with Gasteiger partial charge in [-0.1, -0.05) is 6.07 Å². The molecule has 18 heavy (non-hydrogen) atoms. The van der Waals surface area contributed by atoms with Crippen LogP contribution in [-0.4, -0.2) is 17.1 Å². The van der Waals surface area contributed by atoms with Crippen molar-refractivity contribution in [3.05, 3.63) is 47.8 Å². The van der Waals surface area contributed by atoms with Crippen molar-refractivity contribution in [1.29, 1.82) is 0 Å². The molecule has 0 fully saturated rings. The number of aromatic nitrogens is 2. The van der Waals surface area contributed by atoms with Crippen molar-refractivity contribution in [2.24, 2.45) is 0 Å². The van der Waals surface area contributed by atoms with Crippen molar-refractivity contribution in [1.82, 2.24) is 15.3 Å². The monoisotopic (exact) mass is 249 g/mol.